The lowest BCUT2D eigenvalue weighted by Crippen LogP contribution is -2.39. The Kier molecular flexibility index (Phi) is 7.16. The fraction of sp³-hybridized carbons (Fsp3) is 0.238. The summed E-state index contributed by atoms with van der Waals surface area (Å²) < 4.78 is 5.37. The van der Waals surface area contributed by atoms with Crippen LogP contribution in [0.5, 0.6) is 0 Å². The van der Waals surface area contributed by atoms with Crippen molar-refractivity contribution in [1.29, 1.82) is 0 Å². The molecule has 2 rings (SSSR count). The van der Waals surface area contributed by atoms with Gasteiger partial charge in [-0.3, -0.25) is 14.5 Å². The van der Waals surface area contributed by atoms with E-state index in [0.717, 1.165) is 5.56 Å². The molecule has 0 unspecified atom stereocenters. The van der Waals surface area contributed by atoms with E-state index in [1.807, 2.05) is 6.07 Å². The number of amides is 1. The van der Waals surface area contributed by atoms with Gasteiger partial charge in [0, 0.05) is 10.7 Å². The molecule has 0 aromatic heterocycles. The first-order valence-electron chi connectivity index (χ1n) is 8.42. The van der Waals surface area contributed by atoms with Crippen LogP contribution in [0.15, 0.2) is 43.0 Å². The summed E-state index contributed by atoms with van der Waals surface area (Å²) in [6.45, 7) is 8.67. The Morgan fingerprint density at radius 2 is 1.71 bits per heavy atom. The molecule has 0 saturated heterocycles. The van der Waals surface area contributed by atoms with E-state index in [0.29, 0.717) is 10.7 Å². The zero-order chi connectivity index (χ0) is 21.1. The van der Waals surface area contributed by atoms with E-state index in [9.17, 15) is 9.59 Å². The number of ether oxygens (including phenoxy) is 1. The predicted octanol–water partition coefficient (Wildman–Crippen LogP) is 6.28. The van der Waals surface area contributed by atoms with Gasteiger partial charge in [-0.15, -0.1) is 0 Å². The van der Waals surface area contributed by atoms with Gasteiger partial charge in [-0.1, -0.05) is 59.6 Å². The molecule has 148 valence electrons. The highest BCUT2D eigenvalue weighted by molar-refractivity contribution is 6.42. The van der Waals surface area contributed by atoms with Gasteiger partial charge in [-0.25, -0.2) is 0 Å². The van der Waals surface area contributed by atoms with Crippen molar-refractivity contribution in [2.24, 2.45) is 0 Å². The molecule has 2 aromatic carbocycles. The van der Waals surface area contributed by atoms with Crippen LogP contribution in [0.2, 0.25) is 15.1 Å². The van der Waals surface area contributed by atoms with Gasteiger partial charge in [0.1, 0.15) is 12.1 Å². The monoisotopic (exact) mass is 439 g/mol. The molecule has 0 aliphatic heterocycles. The van der Waals surface area contributed by atoms with Gasteiger partial charge in [-0.2, -0.15) is 0 Å². The number of carbonyl (C=O) groups excluding carboxylic acids is 2. The lowest BCUT2D eigenvalue weighted by atomic mass is 10.1. The SMILES string of the molecule is C=Cc1cccc(N(CC(=O)OC(C)(C)C)C(=O)c2c(Cl)cc(Cl)cc2Cl)c1. The zero-order valence-electron chi connectivity index (χ0n) is 15.8. The van der Waals surface area contributed by atoms with Crippen LogP contribution in [-0.2, 0) is 9.53 Å². The first-order chi connectivity index (χ1) is 13.0. The number of carbonyl (C=O) groups is 2. The average molecular weight is 441 g/mol. The molecule has 4 nitrogen and oxygen atoms in total. The van der Waals surface area contributed by atoms with E-state index < -0.39 is 17.5 Å². The Hall–Kier alpha value is -2.01. The molecule has 0 N–H and O–H groups in total. The fourth-order valence-electron chi connectivity index (χ4n) is 2.48. The Labute approximate surface area is 179 Å². The summed E-state index contributed by atoms with van der Waals surface area (Å²) in [6.07, 6.45) is 1.64. The quantitative estimate of drug-likeness (QED) is 0.514. The van der Waals surface area contributed by atoms with Crippen molar-refractivity contribution in [3.63, 3.8) is 0 Å². The third-order valence-electron chi connectivity index (χ3n) is 3.59. The highest BCUT2D eigenvalue weighted by Crippen LogP contribution is 2.31. The highest BCUT2D eigenvalue weighted by atomic mass is 35.5. The molecule has 0 fully saturated rings. The third-order valence-corrected chi connectivity index (χ3v) is 4.41. The van der Waals surface area contributed by atoms with Crippen molar-refractivity contribution >= 4 is 58.4 Å². The van der Waals surface area contributed by atoms with Crippen molar-refractivity contribution in [2.75, 3.05) is 11.4 Å². The minimum atomic E-state index is -0.690. The van der Waals surface area contributed by atoms with Crippen molar-refractivity contribution in [3.8, 4) is 0 Å². The summed E-state index contributed by atoms with van der Waals surface area (Å²) in [5.74, 6) is -1.11. The van der Waals surface area contributed by atoms with Crippen LogP contribution < -0.4 is 4.90 Å². The van der Waals surface area contributed by atoms with E-state index >= 15 is 0 Å². The first-order valence-corrected chi connectivity index (χ1v) is 9.56. The number of benzene rings is 2. The Morgan fingerprint density at radius 1 is 1.11 bits per heavy atom. The molecule has 0 aliphatic carbocycles. The largest absolute Gasteiger partial charge is 0.459 e. The molecule has 1 amide bonds. The standard InChI is InChI=1S/C21H20Cl3NO3/c1-5-13-7-6-8-15(9-13)25(12-18(26)28-21(2,3)4)20(27)19-16(23)10-14(22)11-17(19)24/h5-11H,1,12H2,2-4H3. The van der Waals surface area contributed by atoms with Crippen LogP contribution in [0.25, 0.3) is 6.08 Å². The summed E-state index contributed by atoms with van der Waals surface area (Å²) in [6, 6.07) is 9.86. The lowest BCUT2D eigenvalue weighted by Gasteiger charge is -2.26. The van der Waals surface area contributed by atoms with Crippen molar-refractivity contribution in [3.05, 3.63) is 69.2 Å². The number of anilines is 1. The summed E-state index contributed by atoms with van der Waals surface area (Å²) in [4.78, 5) is 27.0. The van der Waals surface area contributed by atoms with Crippen molar-refractivity contribution in [2.45, 2.75) is 26.4 Å². The van der Waals surface area contributed by atoms with E-state index in [-0.39, 0.29) is 22.2 Å². The summed E-state index contributed by atoms with van der Waals surface area (Å²) in [5.41, 5.74) is 0.632. The molecule has 0 aliphatic rings. The minimum absolute atomic E-state index is 0.0558. The Morgan fingerprint density at radius 3 is 2.25 bits per heavy atom. The van der Waals surface area contributed by atoms with Gasteiger partial charge in [0.2, 0.25) is 0 Å². The number of halogens is 3. The maximum Gasteiger partial charge on any atom is 0.326 e. The average Bonchev–Trinajstić information content (AvgIpc) is 2.57. The summed E-state index contributed by atoms with van der Waals surface area (Å²) in [5, 5.41) is 0.493. The lowest BCUT2D eigenvalue weighted by molar-refractivity contribution is -0.152. The zero-order valence-corrected chi connectivity index (χ0v) is 18.0. The number of nitrogens with zero attached hydrogens (tertiary/aromatic N) is 1. The van der Waals surface area contributed by atoms with Gasteiger partial charge in [-0.05, 0) is 50.6 Å². The third kappa shape index (κ3) is 5.74. The molecular formula is C21H20Cl3NO3. The van der Waals surface area contributed by atoms with Gasteiger partial charge < -0.3 is 4.74 Å². The molecule has 0 heterocycles. The van der Waals surface area contributed by atoms with Gasteiger partial charge in [0.15, 0.2) is 0 Å². The fourth-order valence-corrected chi connectivity index (χ4v) is 3.46. The summed E-state index contributed by atoms with van der Waals surface area (Å²) in [7, 11) is 0. The van der Waals surface area contributed by atoms with E-state index in [1.165, 1.54) is 17.0 Å². The molecule has 7 heteroatoms. The highest BCUT2D eigenvalue weighted by Gasteiger charge is 2.27. The van der Waals surface area contributed by atoms with Crippen molar-refractivity contribution < 1.29 is 14.3 Å². The van der Waals surface area contributed by atoms with Crippen LogP contribution in [0.4, 0.5) is 5.69 Å². The Bertz CT molecular complexity index is 896. The van der Waals surface area contributed by atoms with Crippen molar-refractivity contribution in [1.82, 2.24) is 0 Å². The number of rotatable bonds is 5. The van der Waals surface area contributed by atoms with Crippen LogP contribution in [0, 0.1) is 0 Å². The molecule has 0 bridgehead atoms. The topological polar surface area (TPSA) is 46.6 Å². The van der Waals surface area contributed by atoms with Crippen LogP contribution in [-0.4, -0.2) is 24.0 Å². The maximum absolute atomic E-state index is 13.3. The first kappa shape index (κ1) is 22.3. The molecule has 0 spiro atoms. The van der Waals surface area contributed by atoms with E-state index in [2.05, 4.69) is 6.58 Å². The molecule has 2 aromatic rings. The minimum Gasteiger partial charge on any atom is -0.459 e. The predicted molar refractivity (Wildman–Crippen MR) is 116 cm³/mol. The second-order valence-corrected chi connectivity index (χ2v) is 8.27. The maximum atomic E-state index is 13.3. The normalized spacial score (nSPS) is 11.1. The molecule has 0 atom stereocenters. The number of hydrogen-bond acceptors (Lipinski definition) is 3. The van der Waals surface area contributed by atoms with E-state index in [4.69, 9.17) is 39.5 Å². The molecular weight excluding hydrogens is 421 g/mol. The van der Waals surface area contributed by atoms with Gasteiger partial charge >= 0.3 is 5.97 Å². The van der Waals surface area contributed by atoms with Gasteiger partial charge in [0.05, 0.1) is 15.6 Å². The second kappa shape index (κ2) is 8.99. The van der Waals surface area contributed by atoms with Gasteiger partial charge in [0.25, 0.3) is 5.91 Å². The van der Waals surface area contributed by atoms with Crippen LogP contribution in [0.1, 0.15) is 36.7 Å². The number of hydrogen-bond donors (Lipinski definition) is 0. The molecule has 0 saturated carbocycles. The molecule has 0 radical (unpaired) electrons. The van der Waals surface area contributed by atoms with Crippen LogP contribution >= 0.6 is 34.8 Å². The Balaban J connectivity index is 2.50. The smallest absolute Gasteiger partial charge is 0.326 e. The number of esters is 1. The van der Waals surface area contributed by atoms with Crippen LogP contribution in [0.3, 0.4) is 0 Å². The van der Waals surface area contributed by atoms with E-state index in [1.54, 1.807) is 45.0 Å². The molecule has 28 heavy (non-hydrogen) atoms. The summed E-state index contributed by atoms with van der Waals surface area (Å²) >= 11 is 18.4. The second-order valence-electron chi connectivity index (χ2n) is 7.02.